The minimum atomic E-state index is -0.219. The number of halogens is 1. The van der Waals surface area contributed by atoms with Gasteiger partial charge in [0.1, 0.15) is 12.4 Å². The average molecular weight is 400 g/mol. The Morgan fingerprint density at radius 1 is 1.11 bits per heavy atom. The van der Waals surface area contributed by atoms with Crippen LogP contribution in [0.25, 0.3) is 11.5 Å². The van der Waals surface area contributed by atoms with Crippen LogP contribution in [0.5, 0.6) is 11.5 Å². The number of quaternary nitrogens is 1. The zero-order valence-corrected chi connectivity index (χ0v) is 15.9. The van der Waals surface area contributed by atoms with Crippen LogP contribution >= 0.6 is 12.2 Å². The molecule has 1 aliphatic heterocycles. The molecule has 0 radical (unpaired) electrons. The highest BCUT2D eigenvalue weighted by Crippen LogP contribution is 2.35. The molecular weight excluding hydrogens is 381 g/mol. The molecule has 3 aromatic rings. The second kappa shape index (κ2) is 7.03. The minimum Gasteiger partial charge on any atom is -0.454 e. The Hall–Kier alpha value is -2.71. The number of hydrogen-bond acceptors (Lipinski definition) is 5. The third-order valence-electron chi connectivity index (χ3n) is 5.08. The maximum Gasteiger partial charge on any atom is 0.292 e. The van der Waals surface area contributed by atoms with Gasteiger partial charge in [-0.25, -0.2) is 4.39 Å². The molecule has 1 saturated carbocycles. The molecule has 2 aliphatic rings. The maximum absolute atomic E-state index is 13.2. The van der Waals surface area contributed by atoms with Gasteiger partial charge in [0, 0.05) is 24.0 Å². The van der Waals surface area contributed by atoms with Crippen LogP contribution in [-0.4, -0.2) is 22.6 Å². The molecule has 1 atom stereocenters. The summed E-state index contributed by atoms with van der Waals surface area (Å²) >= 11 is 5.39. The number of nitrogens with zero attached hydrogens (tertiary/aromatic N) is 2. The lowest BCUT2D eigenvalue weighted by molar-refractivity contribution is -0.947. The van der Waals surface area contributed by atoms with Crippen molar-refractivity contribution in [3.63, 3.8) is 0 Å². The molecule has 1 aliphatic carbocycles. The highest BCUT2D eigenvalue weighted by molar-refractivity contribution is 7.71. The molecule has 6 nitrogen and oxygen atoms in total. The topological polar surface area (TPSA) is 53.9 Å². The third-order valence-corrected chi connectivity index (χ3v) is 5.37. The van der Waals surface area contributed by atoms with E-state index in [9.17, 15) is 4.39 Å². The summed E-state index contributed by atoms with van der Waals surface area (Å²) in [6.07, 6.45) is 2.35. The fourth-order valence-corrected chi connectivity index (χ4v) is 3.61. The van der Waals surface area contributed by atoms with E-state index in [2.05, 4.69) is 5.10 Å². The van der Waals surface area contributed by atoms with Crippen LogP contribution in [0.2, 0.25) is 0 Å². The largest absolute Gasteiger partial charge is 0.454 e. The fourth-order valence-electron chi connectivity index (χ4n) is 3.43. The molecule has 5 rings (SSSR count). The van der Waals surface area contributed by atoms with Crippen LogP contribution in [0.15, 0.2) is 46.9 Å². The van der Waals surface area contributed by atoms with Gasteiger partial charge in [-0.15, -0.1) is 5.10 Å². The third kappa shape index (κ3) is 3.53. The van der Waals surface area contributed by atoms with E-state index in [4.69, 9.17) is 26.1 Å². The average Bonchev–Trinajstić information content (AvgIpc) is 3.33. The van der Waals surface area contributed by atoms with E-state index in [0.717, 1.165) is 17.7 Å². The molecule has 28 heavy (non-hydrogen) atoms. The number of aromatic nitrogens is 2. The molecule has 0 saturated heterocycles. The van der Waals surface area contributed by atoms with Crippen molar-refractivity contribution in [3.8, 4) is 23.0 Å². The van der Waals surface area contributed by atoms with Crippen molar-refractivity contribution in [3.05, 3.63) is 58.7 Å². The summed E-state index contributed by atoms with van der Waals surface area (Å²) in [5, 5.41) is 4.58. The molecule has 1 unspecified atom stereocenters. The molecule has 0 amide bonds. The molecule has 0 spiro atoms. The first kappa shape index (κ1) is 17.4. The van der Waals surface area contributed by atoms with Gasteiger partial charge in [0.25, 0.3) is 4.84 Å². The standard InChI is InChI=1S/C20H18FN3O3S/c21-15-4-1-13(2-5-15)10-23(16-6-7-16)11-24-20(28)27-19(22-24)14-3-8-17-18(9-14)26-12-25-17/h1-5,8-9,16H,6-7,10-12H2/p+1. The van der Waals surface area contributed by atoms with Gasteiger partial charge in [-0.3, -0.25) is 0 Å². The van der Waals surface area contributed by atoms with E-state index >= 15 is 0 Å². The van der Waals surface area contributed by atoms with Gasteiger partial charge in [0.15, 0.2) is 18.2 Å². The van der Waals surface area contributed by atoms with Crippen LogP contribution in [0.1, 0.15) is 18.4 Å². The summed E-state index contributed by atoms with van der Waals surface area (Å²) in [5.41, 5.74) is 1.88. The summed E-state index contributed by atoms with van der Waals surface area (Å²) < 4.78 is 31.4. The van der Waals surface area contributed by atoms with Gasteiger partial charge in [-0.1, -0.05) is 12.1 Å². The van der Waals surface area contributed by atoms with Gasteiger partial charge >= 0.3 is 0 Å². The lowest BCUT2D eigenvalue weighted by atomic mass is 10.2. The van der Waals surface area contributed by atoms with Crippen LogP contribution in [0.3, 0.4) is 0 Å². The Morgan fingerprint density at radius 2 is 1.89 bits per heavy atom. The molecular formula is C20H19FN3O3S+. The monoisotopic (exact) mass is 400 g/mol. The van der Waals surface area contributed by atoms with Crippen molar-refractivity contribution in [1.29, 1.82) is 0 Å². The summed E-state index contributed by atoms with van der Waals surface area (Å²) in [7, 11) is 0. The van der Waals surface area contributed by atoms with Gasteiger partial charge in [-0.05, 0) is 42.5 Å². The van der Waals surface area contributed by atoms with Gasteiger partial charge < -0.3 is 18.8 Å². The molecule has 1 aromatic heterocycles. The van der Waals surface area contributed by atoms with Crippen molar-refractivity contribution in [1.82, 2.24) is 9.78 Å². The van der Waals surface area contributed by atoms with Crippen molar-refractivity contribution in [2.75, 3.05) is 6.79 Å². The van der Waals surface area contributed by atoms with Crippen molar-refractivity contribution in [2.24, 2.45) is 0 Å². The Bertz CT molecular complexity index is 1060. The summed E-state index contributed by atoms with van der Waals surface area (Å²) in [5.74, 6) is 1.63. The lowest BCUT2D eigenvalue weighted by Gasteiger charge is -2.18. The van der Waals surface area contributed by atoms with E-state index < -0.39 is 0 Å². The predicted octanol–water partition coefficient (Wildman–Crippen LogP) is 2.95. The normalized spacial score (nSPS) is 16.3. The molecule has 8 heteroatoms. The SMILES string of the molecule is Fc1ccc(C[NH+](Cn2nc(-c3ccc4c(c3)OCO4)oc2=S)C2CC2)cc1. The molecule has 2 heterocycles. The van der Waals surface area contributed by atoms with Crippen molar-refractivity contribution >= 4 is 12.2 Å². The Balaban J connectivity index is 1.37. The minimum absolute atomic E-state index is 0.219. The second-order valence-electron chi connectivity index (χ2n) is 7.13. The first-order valence-corrected chi connectivity index (χ1v) is 9.63. The van der Waals surface area contributed by atoms with Gasteiger partial charge in [0.2, 0.25) is 12.7 Å². The summed E-state index contributed by atoms with van der Waals surface area (Å²) in [6, 6.07) is 12.8. The lowest BCUT2D eigenvalue weighted by Crippen LogP contribution is -3.11. The van der Waals surface area contributed by atoms with Crippen LogP contribution in [0.4, 0.5) is 4.39 Å². The first-order valence-electron chi connectivity index (χ1n) is 9.23. The van der Waals surface area contributed by atoms with E-state index in [1.165, 1.54) is 29.9 Å². The molecule has 144 valence electrons. The van der Waals surface area contributed by atoms with Crippen LogP contribution < -0.4 is 14.4 Å². The molecule has 0 bridgehead atoms. The number of fused-ring (bicyclic) bond motifs is 1. The van der Waals surface area contributed by atoms with E-state index in [-0.39, 0.29) is 12.6 Å². The molecule has 2 aromatic carbocycles. The zero-order chi connectivity index (χ0) is 19.1. The number of rotatable bonds is 6. The Morgan fingerprint density at radius 3 is 2.68 bits per heavy atom. The number of benzene rings is 2. The van der Waals surface area contributed by atoms with Crippen molar-refractivity contribution in [2.45, 2.75) is 32.1 Å². The zero-order valence-electron chi connectivity index (χ0n) is 15.1. The summed E-state index contributed by atoms with van der Waals surface area (Å²) in [6.45, 7) is 1.62. The number of ether oxygens (including phenoxy) is 2. The Labute approximate surface area is 166 Å². The Kier molecular flexibility index (Phi) is 4.37. The number of nitrogens with one attached hydrogen (secondary N) is 1. The van der Waals surface area contributed by atoms with Crippen LogP contribution in [0, 0.1) is 10.7 Å². The first-order chi connectivity index (χ1) is 13.7. The highest BCUT2D eigenvalue weighted by Gasteiger charge is 2.34. The van der Waals surface area contributed by atoms with Crippen molar-refractivity contribution < 1.29 is 23.2 Å². The predicted molar refractivity (Wildman–Crippen MR) is 101 cm³/mol. The quantitative estimate of drug-likeness (QED) is 0.645. The molecule has 1 N–H and O–H groups in total. The van der Waals surface area contributed by atoms with Crippen LogP contribution in [-0.2, 0) is 13.2 Å². The molecule has 1 fully saturated rings. The fraction of sp³-hybridized carbons (Fsp3) is 0.300. The smallest absolute Gasteiger partial charge is 0.292 e. The van der Waals surface area contributed by atoms with Gasteiger partial charge in [0.05, 0.1) is 6.04 Å². The highest BCUT2D eigenvalue weighted by atomic mass is 32.1. The summed E-state index contributed by atoms with van der Waals surface area (Å²) in [4.78, 5) is 1.68. The van der Waals surface area contributed by atoms with E-state index in [1.807, 2.05) is 30.3 Å². The second-order valence-corrected chi connectivity index (χ2v) is 7.48. The number of hydrogen-bond donors (Lipinski definition) is 1. The van der Waals surface area contributed by atoms with E-state index in [1.54, 1.807) is 4.68 Å². The van der Waals surface area contributed by atoms with E-state index in [0.29, 0.717) is 34.9 Å². The van der Waals surface area contributed by atoms with Gasteiger partial charge in [-0.2, -0.15) is 4.68 Å². The maximum atomic E-state index is 13.2.